The fraction of sp³-hybridized carbons (Fsp3) is 0.909. The van der Waals surface area contributed by atoms with Gasteiger partial charge in [0.1, 0.15) is 0 Å². The molecule has 1 aliphatic rings. The molecular weight excluding hydrogens is 188 g/mol. The maximum absolute atomic E-state index is 8.50. The van der Waals surface area contributed by atoms with Gasteiger partial charge in [0, 0.05) is 52.2 Å². The molecule has 86 valence electrons. The lowest BCUT2D eigenvalue weighted by Crippen LogP contribution is -2.48. The first-order valence-electron chi connectivity index (χ1n) is 5.69. The fourth-order valence-electron chi connectivity index (χ4n) is 1.79. The van der Waals surface area contributed by atoms with E-state index in [9.17, 15) is 0 Å². The summed E-state index contributed by atoms with van der Waals surface area (Å²) in [5, 5.41) is 8.50. The van der Waals surface area contributed by atoms with Crippen molar-refractivity contribution in [3.63, 3.8) is 0 Å². The molecule has 1 aliphatic heterocycles. The Balaban J connectivity index is 2.10. The van der Waals surface area contributed by atoms with Gasteiger partial charge in [-0.2, -0.15) is 5.26 Å². The van der Waals surface area contributed by atoms with Crippen LogP contribution in [-0.4, -0.2) is 74.6 Å². The molecule has 1 heterocycles. The summed E-state index contributed by atoms with van der Waals surface area (Å²) in [6.45, 7) is 7.79. The van der Waals surface area contributed by atoms with E-state index in [0.29, 0.717) is 6.42 Å². The highest BCUT2D eigenvalue weighted by Crippen LogP contribution is 2.01. The highest BCUT2D eigenvalue weighted by molar-refractivity contribution is 4.77. The van der Waals surface area contributed by atoms with Gasteiger partial charge in [-0.05, 0) is 14.1 Å². The molecule has 15 heavy (non-hydrogen) atoms. The Kier molecular flexibility index (Phi) is 5.62. The van der Waals surface area contributed by atoms with Crippen LogP contribution in [0.5, 0.6) is 0 Å². The van der Waals surface area contributed by atoms with Crippen LogP contribution in [0.2, 0.25) is 0 Å². The van der Waals surface area contributed by atoms with Crippen molar-refractivity contribution in [1.82, 2.24) is 14.7 Å². The molecule has 1 saturated heterocycles. The Morgan fingerprint density at radius 2 is 1.60 bits per heavy atom. The predicted octanol–water partition coefficient (Wildman–Crippen LogP) is 0.0793. The van der Waals surface area contributed by atoms with E-state index in [4.69, 9.17) is 5.26 Å². The van der Waals surface area contributed by atoms with E-state index >= 15 is 0 Å². The van der Waals surface area contributed by atoms with Crippen LogP contribution >= 0.6 is 0 Å². The van der Waals surface area contributed by atoms with Gasteiger partial charge in [-0.15, -0.1) is 0 Å². The molecule has 0 saturated carbocycles. The molecule has 0 aliphatic carbocycles. The van der Waals surface area contributed by atoms with E-state index in [1.807, 2.05) is 0 Å². The molecule has 0 aromatic carbocycles. The third-order valence-electron chi connectivity index (χ3n) is 2.87. The van der Waals surface area contributed by atoms with Crippen molar-refractivity contribution < 1.29 is 0 Å². The molecule has 4 nitrogen and oxygen atoms in total. The minimum Gasteiger partial charge on any atom is -0.308 e. The second kappa shape index (κ2) is 6.78. The van der Waals surface area contributed by atoms with Crippen molar-refractivity contribution in [2.45, 2.75) is 6.42 Å². The van der Waals surface area contributed by atoms with Gasteiger partial charge in [-0.25, -0.2) is 0 Å². The van der Waals surface area contributed by atoms with Crippen molar-refractivity contribution in [2.24, 2.45) is 0 Å². The second-order valence-corrected chi connectivity index (χ2v) is 4.39. The topological polar surface area (TPSA) is 33.5 Å². The van der Waals surface area contributed by atoms with Crippen LogP contribution in [0.15, 0.2) is 0 Å². The number of hydrogen-bond donors (Lipinski definition) is 0. The fourth-order valence-corrected chi connectivity index (χ4v) is 1.79. The quantitative estimate of drug-likeness (QED) is 0.643. The summed E-state index contributed by atoms with van der Waals surface area (Å²) in [6, 6.07) is 2.20. The van der Waals surface area contributed by atoms with Crippen molar-refractivity contribution >= 4 is 0 Å². The maximum Gasteiger partial charge on any atom is 0.0635 e. The summed E-state index contributed by atoms with van der Waals surface area (Å²) < 4.78 is 0. The van der Waals surface area contributed by atoms with Gasteiger partial charge in [-0.1, -0.05) is 0 Å². The smallest absolute Gasteiger partial charge is 0.0635 e. The van der Waals surface area contributed by atoms with Crippen LogP contribution in [0.1, 0.15) is 6.42 Å². The number of rotatable bonds is 5. The zero-order valence-corrected chi connectivity index (χ0v) is 9.95. The maximum atomic E-state index is 8.50. The van der Waals surface area contributed by atoms with E-state index < -0.39 is 0 Å². The van der Waals surface area contributed by atoms with Crippen molar-refractivity contribution in [1.29, 1.82) is 5.26 Å². The van der Waals surface area contributed by atoms with Gasteiger partial charge in [0.2, 0.25) is 0 Å². The first kappa shape index (κ1) is 12.4. The highest BCUT2D eigenvalue weighted by Gasteiger charge is 2.15. The summed E-state index contributed by atoms with van der Waals surface area (Å²) in [5.74, 6) is 0. The zero-order chi connectivity index (χ0) is 11.1. The van der Waals surface area contributed by atoms with Gasteiger partial charge in [0.25, 0.3) is 0 Å². The van der Waals surface area contributed by atoms with Crippen LogP contribution in [-0.2, 0) is 0 Å². The van der Waals surface area contributed by atoms with E-state index in [-0.39, 0.29) is 0 Å². The molecule has 1 rings (SSSR count). The normalized spacial score (nSPS) is 19.3. The Labute approximate surface area is 93.1 Å². The summed E-state index contributed by atoms with van der Waals surface area (Å²) in [5.41, 5.74) is 0. The first-order chi connectivity index (χ1) is 7.22. The van der Waals surface area contributed by atoms with E-state index in [0.717, 1.165) is 39.3 Å². The van der Waals surface area contributed by atoms with E-state index in [1.165, 1.54) is 6.54 Å². The van der Waals surface area contributed by atoms with Gasteiger partial charge in [-0.3, -0.25) is 9.80 Å². The largest absolute Gasteiger partial charge is 0.308 e. The molecule has 0 amide bonds. The number of nitrogens with zero attached hydrogens (tertiary/aromatic N) is 4. The number of hydrogen-bond acceptors (Lipinski definition) is 4. The monoisotopic (exact) mass is 210 g/mol. The molecule has 0 aromatic heterocycles. The zero-order valence-electron chi connectivity index (χ0n) is 9.95. The number of piperazine rings is 1. The Morgan fingerprint density at radius 1 is 1.07 bits per heavy atom. The average molecular weight is 210 g/mol. The standard InChI is InChI=1S/C11H22N4/c1-13(2)6-7-15-10-8-14(9-11-15)5-3-4-12/h3,5-11H2,1-2H3. The molecule has 0 aromatic rings. The highest BCUT2D eigenvalue weighted by atomic mass is 15.3. The van der Waals surface area contributed by atoms with Crippen molar-refractivity contribution in [2.75, 3.05) is 59.9 Å². The van der Waals surface area contributed by atoms with Crippen molar-refractivity contribution in [3.8, 4) is 6.07 Å². The lowest BCUT2D eigenvalue weighted by molar-refractivity contribution is 0.127. The summed E-state index contributed by atoms with van der Waals surface area (Å²) >= 11 is 0. The van der Waals surface area contributed by atoms with E-state index in [2.05, 4.69) is 34.9 Å². The summed E-state index contributed by atoms with van der Waals surface area (Å²) in [4.78, 5) is 7.11. The predicted molar refractivity (Wildman–Crippen MR) is 61.7 cm³/mol. The lowest BCUT2D eigenvalue weighted by atomic mass is 10.3. The number of nitriles is 1. The Hall–Kier alpha value is -0.630. The van der Waals surface area contributed by atoms with Gasteiger partial charge in [0.05, 0.1) is 6.07 Å². The SMILES string of the molecule is CN(C)CCN1CCN(CCC#N)CC1. The minimum atomic E-state index is 0.664. The van der Waals surface area contributed by atoms with E-state index in [1.54, 1.807) is 0 Å². The Bertz CT molecular complexity index is 201. The summed E-state index contributed by atoms with van der Waals surface area (Å²) in [7, 11) is 4.23. The van der Waals surface area contributed by atoms with Crippen molar-refractivity contribution in [3.05, 3.63) is 0 Å². The Morgan fingerprint density at radius 3 is 2.07 bits per heavy atom. The van der Waals surface area contributed by atoms with Gasteiger partial charge < -0.3 is 4.90 Å². The minimum absolute atomic E-state index is 0.664. The molecule has 0 spiro atoms. The van der Waals surface area contributed by atoms with Crippen LogP contribution in [0.4, 0.5) is 0 Å². The van der Waals surface area contributed by atoms with Crippen LogP contribution < -0.4 is 0 Å². The van der Waals surface area contributed by atoms with Gasteiger partial charge in [0.15, 0.2) is 0 Å². The first-order valence-corrected chi connectivity index (χ1v) is 5.69. The lowest BCUT2D eigenvalue weighted by Gasteiger charge is -2.34. The third-order valence-corrected chi connectivity index (χ3v) is 2.87. The average Bonchev–Trinajstić information content (AvgIpc) is 2.25. The molecule has 4 heteroatoms. The van der Waals surface area contributed by atoms with Crippen LogP contribution in [0, 0.1) is 11.3 Å². The number of likely N-dealkylation sites (N-methyl/N-ethyl adjacent to an activating group) is 1. The van der Waals surface area contributed by atoms with Crippen LogP contribution in [0.3, 0.4) is 0 Å². The van der Waals surface area contributed by atoms with Gasteiger partial charge >= 0.3 is 0 Å². The molecule has 0 atom stereocenters. The van der Waals surface area contributed by atoms with Crippen LogP contribution in [0.25, 0.3) is 0 Å². The molecule has 0 radical (unpaired) electrons. The molecule has 0 N–H and O–H groups in total. The molecular formula is C11H22N4. The second-order valence-electron chi connectivity index (χ2n) is 4.39. The molecule has 1 fully saturated rings. The molecule has 0 bridgehead atoms. The third kappa shape index (κ3) is 5.12. The summed E-state index contributed by atoms with van der Waals surface area (Å²) in [6.07, 6.45) is 0.664. The molecule has 0 unspecified atom stereocenters.